The van der Waals surface area contributed by atoms with Gasteiger partial charge in [-0.3, -0.25) is 4.79 Å². The van der Waals surface area contributed by atoms with E-state index in [1.54, 1.807) is 0 Å². The van der Waals surface area contributed by atoms with Gasteiger partial charge in [0.1, 0.15) is 5.76 Å². The lowest BCUT2D eigenvalue weighted by atomic mass is 10.1. The summed E-state index contributed by atoms with van der Waals surface area (Å²) in [6, 6.07) is 0.158. The highest BCUT2D eigenvalue weighted by Gasteiger charge is 2.10. The molecular formula is C12H21N3O2. The zero-order valence-electron chi connectivity index (χ0n) is 10.7. The molecule has 0 spiro atoms. The van der Waals surface area contributed by atoms with Crippen LogP contribution in [0.2, 0.25) is 0 Å². The molecule has 5 nitrogen and oxygen atoms in total. The Morgan fingerprint density at radius 1 is 1.53 bits per heavy atom. The number of hydrogen-bond acceptors (Lipinski definition) is 4. The van der Waals surface area contributed by atoms with E-state index in [2.05, 4.69) is 10.5 Å². The van der Waals surface area contributed by atoms with Crippen LogP contribution in [0, 0.1) is 13.8 Å². The molecule has 0 aliphatic carbocycles. The Bertz CT molecular complexity index is 352. The van der Waals surface area contributed by atoms with Gasteiger partial charge >= 0.3 is 0 Å². The van der Waals surface area contributed by atoms with E-state index in [0.29, 0.717) is 13.0 Å². The van der Waals surface area contributed by atoms with Crippen molar-refractivity contribution in [1.82, 2.24) is 10.5 Å². The Morgan fingerprint density at radius 2 is 2.24 bits per heavy atom. The van der Waals surface area contributed by atoms with Gasteiger partial charge in [-0.1, -0.05) is 5.16 Å². The third-order valence-corrected chi connectivity index (χ3v) is 2.71. The smallest absolute Gasteiger partial charge is 0.220 e. The minimum absolute atomic E-state index is 0.0469. The molecule has 5 heteroatoms. The average molecular weight is 239 g/mol. The molecule has 1 aromatic heterocycles. The van der Waals surface area contributed by atoms with Crippen LogP contribution in [0.3, 0.4) is 0 Å². The van der Waals surface area contributed by atoms with Crippen molar-refractivity contribution in [3.05, 3.63) is 17.0 Å². The number of carbonyl (C=O) groups excluding carboxylic acids is 1. The van der Waals surface area contributed by atoms with Gasteiger partial charge in [0.15, 0.2) is 0 Å². The predicted octanol–water partition coefficient (Wildman–Crippen LogP) is 1.43. The van der Waals surface area contributed by atoms with Gasteiger partial charge in [0.2, 0.25) is 5.91 Å². The second-order valence-electron chi connectivity index (χ2n) is 4.45. The van der Waals surface area contributed by atoms with Gasteiger partial charge in [-0.25, -0.2) is 0 Å². The summed E-state index contributed by atoms with van der Waals surface area (Å²) < 4.78 is 5.02. The second kappa shape index (κ2) is 6.39. The molecule has 1 unspecified atom stereocenters. The maximum Gasteiger partial charge on any atom is 0.220 e. The standard InChI is InChI=1S/C12H21N3O2/c1-8(13)5-4-6-12(16)14-7-11-9(2)15-17-10(11)3/h8H,4-7,13H2,1-3H3,(H,14,16). The van der Waals surface area contributed by atoms with Crippen molar-refractivity contribution in [3.8, 4) is 0 Å². The Labute approximate surface area is 102 Å². The monoisotopic (exact) mass is 239 g/mol. The third kappa shape index (κ3) is 4.56. The van der Waals surface area contributed by atoms with Crippen LogP contribution in [0.25, 0.3) is 0 Å². The van der Waals surface area contributed by atoms with Crippen molar-refractivity contribution >= 4 is 5.91 Å². The first kappa shape index (κ1) is 13.7. The molecule has 0 bridgehead atoms. The van der Waals surface area contributed by atoms with E-state index >= 15 is 0 Å². The quantitative estimate of drug-likeness (QED) is 0.786. The fourth-order valence-corrected chi connectivity index (χ4v) is 1.61. The zero-order chi connectivity index (χ0) is 12.8. The molecule has 1 amide bonds. The maximum absolute atomic E-state index is 11.5. The van der Waals surface area contributed by atoms with Gasteiger partial charge in [0, 0.05) is 24.6 Å². The van der Waals surface area contributed by atoms with Crippen LogP contribution in [0.15, 0.2) is 4.52 Å². The minimum atomic E-state index is 0.0469. The first-order valence-electron chi connectivity index (χ1n) is 5.94. The van der Waals surface area contributed by atoms with Gasteiger partial charge in [-0.2, -0.15) is 0 Å². The molecule has 0 aliphatic rings. The number of nitrogens with two attached hydrogens (primary N) is 1. The molecular weight excluding hydrogens is 218 g/mol. The molecule has 1 rings (SSSR count). The van der Waals surface area contributed by atoms with Crippen LogP contribution in [0.1, 0.15) is 43.2 Å². The molecule has 17 heavy (non-hydrogen) atoms. The fourth-order valence-electron chi connectivity index (χ4n) is 1.61. The van der Waals surface area contributed by atoms with Crippen LogP contribution < -0.4 is 11.1 Å². The van der Waals surface area contributed by atoms with Crippen molar-refractivity contribution in [2.45, 2.75) is 52.6 Å². The first-order chi connectivity index (χ1) is 8.00. The van der Waals surface area contributed by atoms with Crippen molar-refractivity contribution in [2.24, 2.45) is 5.73 Å². The van der Waals surface area contributed by atoms with Crippen LogP contribution in [-0.2, 0) is 11.3 Å². The fraction of sp³-hybridized carbons (Fsp3) is 0.667. The molecule has 0 fully saturated rings. The normalized spacial score (nSPS) is 12.5. The molecule has 96 valence electrons. The van der Waals surface area contributed by atoms with E-state index in [9.17, 15) is 4.79 Å². The van der Waals surface area contributed by atoms with Crippen LogP contribution in [-0.4, -0.2) is 17.1 Å². The van der Waals surface area contributed by atoms with Crippen LogP contribution >= 0.6 is 0 Å². The highest BCUT2D eigenvalue weighted by atomic mass is 16.5. The van der Waals surface area contributed by atoms with E-state index in [-0.39, 0.29) is 11.9 Å². The summed E-state index contributed by atoms with van der Waals surface area (Å²) in [6.07, 6.45) is 2.22. The lowest BCUT2D eigenvalue weighted by Crippen LogP contribution is -2.23. The molecule has 0 saturated heterocycles. The van der Waals surface area contributed by atoms with Crippen molar-refractivity contribution < 1.29 is 9.32 Å². The van der Waals surface area contributed by atoms with E-state index in [0.717, 1.165) is 29.9 Å². The summed E-state index contributed by atoms with van der Waals surface area (Å²) in [5.74, 6) is 0.809. The number of hydrogen-bond donors (Lipinski definition) is 2. The van der Waals surface area contributed by atoms with Gasteiger partial charge in [0.25, 0.3) is 0 Å². The molecule has 1 heterocycles. The predicted molar refractivity (Wildman–Crippen MR) is 65.3 cm³/mol. The number of nitrogens with zero attached hydrogens (tertiary/aromatic N) is 1. The molecule has 3 N–H and O–H groups in total. The Kier molecular flexibility index (Phi) is 5.15. The highest BCUT2D eigenvalue weighted by Crippen LogP contribution is 2.11. The average Bonchev–Trinajstić information content (AvgIpc) is 2.55. The second-order valence-corrected chi connectivity index (χ2v) is 4.45. The molecule has 0 saturated carbocycles. The van der Waals surface area contributed by atoms with E-state index < -0.39 is 0 Å². The largest absolute Gasteiger partial charge is 0.361 e. The number of nitrogens with one attached hydrogen (secondary N) is 1. The number of rotatable bonds is 6. The lowest BCUT2D eigenvalue weighted by Gasteiger charge is -2.06. The molecule has 0 aliphatic heterocycles. The van der Waals surface area contributed by atoms with Crippen molar-refractivity contribution in [3.63, 3.8) is 0 Å². The van der Waals surface area contributed by atoms with E-state index in [4.69, 9.17) is 10.3 Å². The number of carbonyl (C=O) groups is 1. The van der Waals surface area contributed by atoms with Crippen LogP contribution in [0.4, 0.5) is 0 Å². The third-order valence-electron chi connectivity index (χ3n) is 2.71. The SMILES string of the molecule is Cc1noc(C)c1CNC(=O)CCCC(C)N. The summed E-state index contributed by atoms with van der Waals surface area (Å²) in [5, 5.41) is 6.70. The topological polar surface area (TPSA) is 81.2 Å². The Hall–Kier alpha value is -1.36. The summed E-state index contributed by atoms with van der Waals surface area (Å²) in [4.78, 5) is 11.5. The maximum atomic E-state index is 11.5. The van der Waals surface area contributed by atoms with Gasteiger partial charge < -0.3 is 15.6 Å². The Morgan fingerprint density at radius 3 is 2.76 bits per heavy atom. The van der Waals surface area contributed by atoms with Crippen molar-refractivity contribution in [2.75, 3.05) is 0 Å². The summed E-state index contributed by atoms with van der Waals surface area (Å²) in [5.41, 5.74) is 7.41. The number of aryl methyl sites for hydroxylation is 2. The van der Waals surface area contributed by atoms with Gasteiger partial charge in [0.05, 0.1) is 5.69 Å². The highest BCUT2D eigenvalue weighted by molar-refractivity contribution is 5.75. The summed E-state index contributed by atoms with van der Waals surface area (Å²) in [6.45, 7) is 6.14. The Balaban J connectivity index is 2.29. The first-order valence-corrected chi connectivity index (χ1v) is 5.94. The minimum Gasteiger partial charge on any atom is -0.361 e. The molecule has 0 radical (unpaired) electrons. The zero-order valence-corrected chi connectivity index (χ0v) is 10.7. The lowest BCUT2D eigenvalue weighted by molar-refractivity contribution is -0.121. The van der Waals surface area contributed by atoms with Gasteiger partial charge in [-0.15, -0.1) is 0 Å². The summed E-state index contributed by atoms with van der Waals surface area (Å²) >= 11 is 0. The molecule has 1 atom stereocenters. The molecule has 0 aromatic carbocycles. The van der Waals surface area contributed by atoms with Gasteiger partial charge in [-0.05, 0) is 33.6 Å². The van der Waals surface area contributed by atoms with E-state index in [1.807, 2.05) is 20.8 Å². The van der Waals surface area contributed by atoms with E-state index in [1.165, 1.54) is 0 Å². The summed E-state index contributed by atoms with van der Waals surface area (Å²) in [7, 11) is 0. The number of aromatic nitrogens is 1. The number of amides is 1. The van der Waals surface area contributed by atoms with Crippen LogP contribution in [0.5, 0.6) is 0 Å². The van der Waals surface area contributed by atoms with Crippen molar-refractivity contribution in [1.29, 1.82) is 0 Å². The molecule has 1 aromatic rings.